The maximum atomic E-state index is 13.0. The van der Waals surface area contributed by atoms with Gasteiger partial charge in [0.25, 0.3) is 0 Å². The molecule has 4 rings (SSSR count). The Labute approximate surface area is 183 Å². The van der Waals surface area contributed by atoms with E-state index < -0.39 is 15.9 Å². The molecular weight excluding hydrogens is 468 g/mol. The number of sulfonamides is 1. The van der Waals surface area contributed by atoms with Gasteiger partial charge in [-0.1, -0.05) is 28.1 Å². The fraction of sp³-hybridized carbons (Fsp3) is 0.238. The highest BCUT2D eigenvalue weighted by molar-refractivity contribution is 9.10. The summed E-state index contributed by atoms with van der Waals surface area (Å²) in [6, 6.07) is 15.9. The number of aromatic nitrogens is 2. The van der Waals surface area contributed by atoms with Crippen molar-refractivity contribution in [3.05, 3.63) is 65.3 Å². The molecule has 2 N–H and O–H groups in total. The molecule has 0 radical (unpaired) electrons. The van der Waals surface area contributed by atoms with Gasteiger partial charge < -0.3 is 5.32 Å². The molecule has 1 aliphatic heterocycles. The first-order valence-electron chi connectivity index (χ1n) is 9.60. The molecule has 0 saturated carbocycles. The Bertz CT molecular complexity index is 1130. The molecule has 1 saturated heterocycles. The van der Waals surface area contributed by atoms with Crippen molar-refractivity contribution in [3.8, 4) is 11.3 Å². The summed E-state index contributed by atoms with van der Waals surface area (Å²) in [4.78, 5) is 13.1. The van der Waals surface area contributed by atoms with Crippen LogP contribution in [0, 0.1) is 5.92 Å². The minimum atomic E-state index is -3.63. The lowest BCUT2D eigenvalue weighted by molar-refractivity contribution is -0.120. The molecule has 1 aromatic heterocycles. The van der Waals surface area contributed by atoms with E-state index >= 15 is 0 Å². The number of hydrogen-bond donors (Lipinski definition) is 2. The van der Waals surface area contributed by atoms with Crippen LogP contribution in [0.25, 0.3) is 11.3 Å². The van der Waals surface area contributed by atoms with Gasteiger partial charge in [0, 0.05) is 35.0 Å². The predicted octanol–water partition coefficient (Wildman–Crippen LogP) is 3.88. The number of piperidine rings is 1. The monoisotopic (exact) mass is 488 g/mol. The molecule has 0 aliphatic carbocycles. The van der Waals surface area contributed by atoms with Gasteiger partial charge in [-0.05, 0) is 55.3 Å². The zero-order chi connectivity index (χ0) is 21.1. The number of benzene rings is 2. The third kappa shape index (κ3) is 4.48. The summed E-state index contributed by atoms with van der Waals surface area (Å²) in [6.45, 7) is 0.585. The lowest BCUT2D eigenvalue weighted by atomic mass is 9.98. The number of rotatable bonds is 5. The lowest BCUT2D eigenvalue weighted by Gasteiger charge is -2.31. The van der Waals surface area contributed by atoms with E-state index in [1.807, 2.05) is 30.3 Å². The Hall–Kier alpha value is -2.49. The third-order valence-corrected chi connectivity index (χ3v) is 7.56. The molecule has 2 aromatic carbocycles. The summed E-state index contributed by atoms with van der Waals surface area (Å²) >= 11 is 3.32. The Morgan fingerprint density at radius 2 is 1.97 bits per heavy atom. The number of hydrogen-bond acceptors (Lipinski definition) is 4. The molecule has 1 unspecified atom stereocenters. The third-order valence-electron chi connectivity index (χ3n) is 5.15. The van der Waals surface area contributed by atoms with Crippen LogP contribution in [0.2, 0.25) is 0 Å². The second-order valence-corrected chi connectivity index (χ2v) is 10.1. The molecule has 1 atom stereocenters. The molecule has 2 heterocycles. The van der Waals surface area contributed by atoms with Crippen molar-refractivity contribution in [1.82, 2.24) is 14.5 Å². The summed E-state index contributed by atoms with van der Waals surface area (Å²) in [5, 5.41) is 9.78. The summed E-state index contributed by atoms with van der Waals surface area (Å²) in [7, 11) is -3.63. The van der Waals surface area contributed by atoms with Crippen LogP contribution in [0.15, 0.2) is 70.2 Å². The molecule has 7 nitrogen and oxygen atoms in total. The highest BCUT2D eigenvalue weighted by Gasteiger charge is 2.33. The molecule has 0 spiro atoms. The fourth-order valence-corrected chi connectivity index (χ4v) is 5.34. The standard InChI is InChI=1S/C21H21BrN4O3S/c22-17-6-8-19(9-7-17)30(28,29)26-12-2-4-16(14-26)21(27)24-18-5-1-3-15(13-18)20-10-11-23-25-20/h1,3,5-11,13,16H,2,4,12,14H2,(H,23,25)(H,24,27). The zero-order valence-electron chi connectivity index (χ0n) is 16.1. The van der Waals surface area contributed by atoms with Gasteiger partial charge in [-0.2, -0.15) is 9.40 Å². The average Bonchev–Trinajstić information content (AvgIpc) is 3.29. The van der Waals surface area contributed by atoms with E-state index in [9.17, 15) is 13.2 Å². The predicted molar refractivity (Wildman–Crippen MR) is 118 cm³/mol. The molecular formula is C21H21BrN4O3S. The number of nitrogens with one attached hydrogen (secondary N) is 2. The first-order valence-corrected chi connectivity index (χ1v) is 11.8. The van der Waals surface area contributed by atoms with Crippen LogP contribution < -0.4 is 5.32 Å². The van der Waals surface area contributed by atoms with Crippen molar-refractivity contribution in [2.45, 2.75) is 17.7 Å². The van der Waals surface area contributed by atoms with Gasteiger partial charge >= 0.3 is 0 Å². The summed E-state index contributed by atoms with van der Waals surface area (Å²) in [5.41, 5.74) is 2.43. The van der Waals surface area contributed by atoms with Crippen LogP contribution >= 0.6 is 15.9 Å². The van der Waals surface area contributed by atoms with E-state index in [4.69, 9.17) is 0 Å². The molecule has 1 aliphatic rings. The Morgan fingerprint density at radius 3 is 2.70 bits per heavy atom. The van der Waals surface area contributed by atoms with E-state index in [-0.39, 0.29) is 17.3 Å². The summed E-state index contributed by atoms with van der Waals surface area (Å²) in [6.07, 6.45) is 2.96. The van der Waals surface area contributed by atoms with Gasteiger partial charge in [-0.15, -0.1) is 0 Å². The van der Waals surface area contributed by atoms with Gasteiger partial charge in [0.05, 0.1) is 16.5 Å². The van der Waals surface area contributed by atoms with E-state index in [2.05, 4.69) is 31.4 Å². The minimum Gasteiger partial charge on any atom is -0.326 e. The van der Waals surface area contributed by atoms with E-state index in [0.29, 0.717) is 25.1 Å². The van der Waals surface area contributed by atoms with Gasteiger partial charge in [-0.3, -0.25) is 9.89 Å². The van der Waals surface area contributed by atoms with Gasteiger partial charge in [0.15, 0.2) is 0 Å². The van der Waals surface area contributed by atoms with Gasteiger partial charge in [-0.25, -0.2) is 8.42 Å². The number of H-pyrrole nitrogens is 1. The highest BCUT2D eigenvalue weighted by Crippen LogP contribution is 2.26. The zero-order valence-corrected chi connectivity index (χ0v) is 18.5. The minimum absolute atomic E-state index is 0.171. The summed E-state index contributed by atoms with van der Waals surface area (Å²) < 4.78 is 28.2. The fourth-order valence-electron chi connectivity index (χ4n) is 3.56. The van der Waals surface area contributed by atoms with Crippen LogP contribution in [-0.2, 0) is 14.8 Å². The molecule has 1 amide bonds. The van der Waals surface area contributed by atoms with E-state index in [0.717, 1.165) is 15.7 Å². The van der Waals surface area contributed by atoms with Crippen molar-refractivity contribution in [2.24, 2.45) is 5.92 Å². The van der Waals surface area contributed by atoms with Gasteiger partial charge in [0.2, 0.25) is 15.9 Å². The van der Waals surface area contributed by atoms with Crippen LogP contribution in [-0.4, -0.2) is 41.9 Å². The number of carbonyl (C=O) groups excluding carboxylic acids is 1. The molecule has 30 heavy (non-hydrogen) atoms. The molecule has 156 valence electrons. The highest BCUT2D eigenvalue weighted by atomic mass is 79.9. The Balaban J connectivity index is 1.46. The van der Waals surface area contributed by atoms with E-state index in [1.165, 1.54) is 4.31 Å². The lowest BCUT2D eigenvalue weighted by Crippen LogP contribution is -2.43. The number of carbonyl (C=O) groups is 1. The SMILES string of the molecule is O=C(Nc1cccc(-c2ccn[nH]2)c1)C1CCCN(S(=O)(=O)c2ccc(Br)cc2)C1. The van der Waals surface area contributed by atoms with Crippen LogP contribution in [0.4, 0.5) is 5.69 Å². The van der Waals surface area contributed by atoms with Crippen LogP contribution in [0.3, 0.4) is 0 Å². The Kier molecular flexibility index (Phi) is 6.03. The van der Waals surface area contributed by atoms with Gasteiger partial charge in [0.1, 0.15) is 0 Å². The number of halogens is 1. The maximum Gasteiger partial charge on any atom is 0.243 e. The molecule has 3 aromatic rings. The first-order chi connectivity index (χ1) is 14.4. The quantitative estimate of drug-likeness (QED) is 0.569. The van der Waals surface area contributed by atoms with Crippen molar-refractivity contribution >= 4 is 37.5 Å². The number of anilines is 1. The topological polar surface area (TPSA) is 95.2 Å². The van der Waals surface area contributed by atoms with Crippen molar-refractivity contribution in [3.63, 3.8) is 0 Å². The van der Waals surface area contributed by atoms with Crippen LogP contribution in [0.5, 0.6) is 0 Å². The smallest absolute Gasteiger partial charge is 0.243 e. The van der Waals surface area contributed by atoms with Crippen molar-refractivity contribution in [2.75, 3.05) is 18.4 Å². The molecule has 1 fully saturated rings. The van der Waals surface area contributed by atoms with Crippen LogP contribution in [0.1, 0.15) is 12.8 Å². The molecule has 9 heteroatoms. The number of amides is 1. The van der Waals surface area contributed by atoms with E-state index in [1.54, 1.807) is 30.5 Å². The van der Waals surface area contributed by atoms with Crippen molar-refractivity contribution < 1.29 is 13.2 Å². The first kappa shape index (κ1) is 20.8. The molecule has 0 bridgehead atoms. The average molecular weight is 489 g/mol. The number of nitrogens with zero attached hydrogens (tertiary/aromatic N) is 2. The second kappa shape index (κ2) is 8.71. The Morgan fingerprint density at radius 1 is 1.17 bits per heavy atom. The van der Waals surface area contributed by atoms with Crippen molar-refractivity contribution in [1.29, 1.82) is 0 Å². The largest absolute Gasteiger partial charge is 0.326 e. The maximum absolute atomic E-state index is 13.0. The second-order valence-electron chi connectivity index (χ2n) is 7.20. The normalized spacial score (nSPS) is 17.6. The number of aromatic amines is 1. The summed E-state index contributed by atoms with van der Waals surface area (Å²) in [5.74, 6) is -0.577.